The number of ether oxygens (including phenoxy) is 1. The molecule has 1 aromatic carbocycles. The van der Waals surface area contributed by atoms with Crippen molar-refractivity contribution < 1.29 is 13.9 Å². The van der Waals surface area contributed by atoms with E-state index < -0.39 is 0 Å². The number of furan rings is 1. The maximum absolute atomic E-state index is 12.1. The van der Waals surface area contributed by atoms with Crippen LogP contribution in [0.5, 0.6) is 0 Å². The first-order chi connectivity index (χ1) is 10.6. The minimum atomic E-state index is -0.190. The molecule has 0 spiro atoms. The molecule has 2 N–H and O–H groups in total. The largest absolute Gasteiger partial charge is 0.459 e. The summed E-state index contributed by atoms with van der Waals surface area (Å²) in [4.78, 5) is 12.1. The third kappa shape index (κ3) is 2.81. The normalized spacial score (nSPS) is 22.7. The molecule has 1 aliphatic heterocycles. The van der Waals surface area contributed by atoms with E-state index in [1.54, 1.807) is 0 Å². The minimum Gasteiger partial charge on any atom is -0.459 e. The van der Waals surface area contributed by atoms with Gasteiger partial charge in [-0.3, -0.25) is 0 Å². The van der Waals surface area contributed by atoms with Gasteiger partial charge in [0.15, 0.2) is 0 Å². The molecule has 0 radical (unpaired) electrons. The second kappa shape index (κ2) is 6.01. The molecule has 0 bridgehead atoms. The molecule has 2 heterocycles. The van der Waals surface area contributed by atoms with Gasteiger partial charge in [-0.1, -0.05) is 18.2 Å². The SMILES string of the molecule is Cc1c([C@H](C)NC(=O)NC2CCOC2C)oc2ccccc12. The number of amides is 2. The second-order valence-electron chi connectivity index (χ2n) is 5.90. The Labute approximate surface area is 130 Å². The van der Waals surface area contributed by atoms with Gasteiger partial charge in [0.25, 0.3) is 0 Å². The van der Waals surface area contributed by atoms with Crippen LogP contribution in [0.2, 0.25) is 0 Å². The molecule has 1 saturated heterocycles. The molecule has 118 valence electrons. The summed E-state index contributed by atoms with van der Waals surface area (Å²) in [6, 6.07) is 7.60. The molecule has 2 aromatic rings. The molecule has 3 rings (SSSR count). The maximum atomic E-state index is 12.1. The lowest BCUT2D eigenvalue weighted by molar-refractivity contribution is 0.114. The highest BCUT2D eigenvalue weighted by Crippen LogP contribution is 2.29. The topological polar surface area (TPSA) is 63.5 Å². The van der Waals surface area contributed by atoms with Crippen LogP contribution in [-0.2, 0) is 4.74 Å². The predicted octanol–water partition coefficient (Wildman–Crippen LogP) is 3.28. The van der Waals surface area contributed by atoms with Gasteiger partial charge in [-0.15, -0.1) is 0 Å². The molecular weight excluding hydrogens is 280 g/mol. The van der Waals surface area contributed by atoms with Crippen molar-refractivity contribution in [2.45, 2.75) is 45.4 Å². The highest BCUT2D eigenvalue weighted by Gasteiger charge is 2.26. The van der Waals surface area contributed by atoms with Crippen molar-refractivity contribution in [1.29, 1.82) is 0 Å². The number of para-hydroxylation sites is 1. The number of urea groups is 1. The van der Waals surface area contributed by atoms with Crippen LogP contribution < -0.4 is 10.6 Å². The van der Waals surface area contributed by atoms with Crippen LogP contribution in [0.15, 0.2) is 28.7 Å². The predicted molar refractivity (Wildman–Crippen MR) is 84.9 cm³/mol. The first-order valence-corrected chi connectivity index (χ1v) is 7.73. The summed E-state index contributed by atoms with van der Waals surface area (Å²) >= 11 is 0. The van der Waals surface area contributed by atoms with E-state index in [1.165, 1.54) is 0 Å². The zero-order valence-electron chi connectivity index (χ0n) is 13.2. The Morgan fingerprint density at radius 3 is 2.82 bits per heavy atom. The van der Waals surface area contributed by atoms with Crippen LogP contribution in [0.25, 0.3) is 11.0 Å². The van der Waals surface area contributed by atoms with Gasteiger partial charge in [0.1, 0.15) is 11.3 Å². The van der Waals surface area contributed by atoms with Crippen molar-refractivity contribution in [2.24, 2.45) is 0 Å². The first-order valence-electron chi connectivity index (χ1n) is 7.73. The Hall–Kier alpha value is -2.01. The average molecular weight is 302 g/mol. The van der Waals surface area contributed by atoms with E-state index in [2.05, 4.69) is 10.6 Å². The van der Waals surface area contributed by atoms with Gasteiger partial charge in [-0.05, 0) is 33.3 Å². The van der Waals surface area contributed by atoms with Crippen molar-refractivity contribution in [2.75, 3.05) is 6.61 Å². The van der Waals surface area contributed by atoms with Crippen LogP contribution in [0.3, 0.4) is 0 Å². The standard InChI is InChI=1S/C17H22N2O3/c1-10-13-6-4-5-7-15(13)22-16(10)11(2)18-17(20)19-14-8-9-21-12(14)3/h4-7,11-12,14H,8-9H2,1-3H3,(H2,18,19,20)/t11-,12?,14?/m0/s1. The van der Waals surface area contributed by atoms with Crippen molar-refractivity contribution in [3.05, 3.63) is 35.6 Å². The van der Waals surface area contributed by atoms with E-state index in [4.69, 9.17) is 9.15 Å². The van der Waals surface area contributed by atoms with E-state index >= 15 is 0 Å². The highest BCUT2D eigenvalue weighted by atomic mass is 16.5. The zero-order valence-corrected chi connectivity index (χ0v) is 13.2. The maximum Gasteiger partial charge on any atom is 0.315 e. The Morgan fingerprint density at radius 1 is 1.36 bits per heavy atom. The lowest BCUT2D eigenvalue weighted by Crippen LogP contribution is -2.45. The zero-order chi connectivity index (χ0) is 15.7. The summed E-state index contributed by atoms with van der Waals surface area (Å²) in [5, 5.41) is 7.00. The van der Waals surface area contributed by atoms with Gasteiger partial charge in [0.2, 0.25) is 0 Å². The quantitative estimate of drug-likeness (QED) is 0.914. The highest BCUT2D eigenvalue weighted by molar-refractivity contribution is 5.82. The average Bonchev–Trinajstić information content (AvgIpc) is 3.04. The van der Waals surface area contributed by atoms with Crippen molar-refractivity contribution >= 4 is 17.0 Å². The van der Waals surface area contributed by atoms with Gasteiger partial charge in [-0.25, -0.2) is 4.79 Å². The summed E-state index contributed by atoms with van der Waals surface area (Å²) in [6.45, 7) is 6.62. The summed E-state index contributed by atoms with van der Waals surface area (Å²) in [7, 11) is 0. The number of fused-ring (bicyclic) bond motifs is 1. The lowest BCUT2D eigenvalue weighted by Gasteiger charge is -2.19. The first kappa shape index (κ1) is 14.9. The van der Waals surface area contributed by atoms with Crippen LogP contribution in [0, 0.1) is 6.92 Å². The molecule has 2 amide bonds. The van der Waals surface area contributed by atoms with Crippen molar-refractivity contribution in [3.8, 4) is 0 Å². The lowest BCUT2D eigenvalue weighted by atomic mass is 10.1. The molecule has 1 aromatic heterocycles. The fraction of sp³-hybridized carbons (Fsp3) is 0.471. The number of hydrogen-bond acceptors (Lipinski definition) is 3. The summed E-state index contributed by atoms with van der Waals surface area (Å²) in [6.07, 6.45) is 0.918. The van der Waals surface area contributed by atoms with Crippen LogP contribution in [0.1, 0.15) is 37.6 Å². The molecule has 0 saturated carbocycles. The van der Waals surface area contributed by atoms with Crippen LogP contribution >= 0.6 is 0 Å². The Kier molecular flexibility index (Phi) is 4.07. The third-order valence-corrected chi connectivity index (χ3v) is 4.31. The molecular formula is C17H22N2O3. The number of carbonyl (C=O) groups is 1. The monoisotopic (exact) mass is 302 g/mol. The van der Waals surface area contributed by atoms with Gasteiger partial charge in [0, 0.05) is 17.6 Å². The van der Waals surface area contributed by atoms with Crippen molar-refractivity contribution in [1.82, 2.24) is 10.6 Å². The number of benzene rings is 1. The van der Waals surface area contributed by atoms with Gasteiger partial charge < -0.3 is 19.8 Å². The molecule has 1 aliphatic rings. The van der Waals surface area contributed by atoms with Crippen LogP contribution in [-0.4, -0.2) is 24.8 Å². The second-order valence-corrected chi connectivity index (χ2v) is 5.90. The molecule has 2 unspecified atom stereocenters. The molecule has 5 heteroatoms. The Morgan fingerprint density at radius 2 is 2.14 bits per heavy atom. The number of nitrogens with one attached hydrogen (secondary N) is 2. The van der Waals surface area contributed by atoms with Gasteiger partial charge in [-0.2, -0.15) is 0 Å². The minimum absolute atomic E-state index is 0.0639. The number of aryl methyl sites for hydroxylation is 1. The number of carbonyl (C=O) groups excluding carboxylic acids is 1. The fourth-order valence-corrected chi connectivity index (χ4v) is 3.00. The molecule has 1 fully saturated rings. The Balaban J connectivity index is 1.69. The number of rotatable bonds is 3. The summed E-state index contributed by atoms with van der Waals surface area (Å²) in [5.74, 6) is 0.798. The van der Waals surface area contributed by atoms with Crippen LogP contribution in [0.4, 0.5) is 4.79 Å². The molecule has 22 heavy (non-hydrogen) atoms. The van der Waals surface area contributed by atoms with Crippen molar-refractivity contribution in [3.63, 3.8) is 0 Å². The van der Waals surface area contributed by atoms with E-state index in [0.29, 0.717) is 6.61 Å². The summed E-state index contributed by atoms with van der Waals surface area (Å²) < 4.78 is 11.3. The van der Waals surface area contributed by atoms with E-state index in [1.807, 2.05) is 45.0 Å². The van der Waals surface area contributed by atoms with Gasteiger partial charge >= 0.3 is 6.03 Å². The smallest absolute Gasteiger partial charge is 0.315 e. The fourth-order valence-electron chi connectivity index (χ4n) is 3.00. The van der Waals surface area contributed by atoms with E-state index in [-0.39, 0.29) is 24.2 Å². The molecule has 5 nitrogen and oxygen atoms in total. The van der Waals surface area contributed by atoms with Gasteiger partial charge in [0.05, 0.1) is 18.2 Å². The molecule has 3 atom stereocenters. The third-order valence-electron chi connectivity index (χ3n) is 4.31. The molecule has 0 aliphatic carbocycles. The Bertz CT molecular complexity index is 680. The van der Waals surface area contributed by atoms with E-state index in [9.17, 15) is 4.79 Å². The number of hydrogen-bond donors (Lipinski definition) is 2. The summed E-state index contributed by atoms with van der Waals surface area (Å²) in [5.41, 5.74) is 1.92. The van der Waals surface area contributed by atoms with E-state index in [0.717, 1.165) is 28.7 Å².